The van der Waals surface area contributed by atoms with E-state index in [0.717, 1.165) is 0 Å². The quantitative estimate of drug-likeness (QED) is 0.876. The number of hydrogen-bond donors (Lipinski definition) is 1. The molecule has 3 nitrogen and oxygen atoms in total. The van der Waals surface area contributed by atoms with Crippen LogP contribution in [0.15, 0.2) is 42.5 Å². The fourth-order valence-electron chi connectivity index (χ4n) is 1.63. The molecule has 0 radical (unpaired) electrons. The van der Waals surface area contributed by atoms with Crippen molar-refractivity contribution in [3.8, 4) is 0 Å². The molecule has 0 aliphatic heterocycles. The van der Waals surface area contributed by atoms with Crippen molar-refractivity contribution in [3.05, 3.63) is 63.1 Å². The van der Waals surface area contributed by atoms with Gasteiger partial charge in [0.1, 0.15) is 0 Å². The van der Waals surface area contributed by atoms with Gasteiger partial charge in [-0.2, -0.15) is 0 Å². The average Bonchev–Trinajstić information content (AvgIpc) is 2.29. The molecule has 2 aromatic rings. The lowest BCUT2D eigenvalue weighted by molar-refractivity contribution is 0.600. The van der Waals surface area contributed by atoms with Gasteiger partial charge >= 0.3 is 0 Å². The van der Waals surface area contributed by atoms with E-state index in [1.165, 1.54) is 18.2 Å². The van der Waals surface area contributed by atoms with Gasteiger partial charge in [0.2, 0.25) is 10.0 Å². The molecular formula is C13H10Cl3NO2S. The van der Waals surface area contributed by atoms with Crippen molar-refractivity contribution in [1.29, 1.82) is 0 Å². The first-order valence-corrected chi connectivity index (χ1v) is 8.34. The summed E-state index contributed by atoms with van der Waals surface area (Å²) in [6.07, 6.45) is 0. The minimum absolute atomic E-state index is 0.158. The zero-order valence-corrected chi connectivity index (χ0v) is 13.2. The third-order valence-corrected chi connectivity index (χ3v) is 4.35. The lowest BCUT2D eigenvalue weighted by Crippen LogP contribution is -2.15. The molecule has 0 spiro atoms. The molecule has 0 saturated carbocycles. The van der Waals surface area contributed by atoms with Crippen LogP contribution in [0.3, 0.4) is 0 Å². The predicted molar refractivity (Wildman–Crippen MR) is 84.2 cm³/mol. The summed E-state index contributed by atoms with van der Waals surface area (Å²) in [7, 11) is -3.54. The fraction of sp³-hybridized carbons (Fsp3) is 0.0769. The molecule has 0 aliphatic rings. The normalized spacial score (nSPS) is 11.3. The highest BCUT2D eigenvalue weighted by Gasteiger charge is 2.12. The van der Waals surface area contributed by atoms with Gasteiger partial charge in [-0.3, -0.25) is 4.72 Å². The standard InChI is InChI=1S/C13H10Cl3NO2S/c14-10-3-1-9(2-4-10)8-20(18,19)17-13-6-11(15)5-12(16)7-13/h1-7,17H,8H2. The van der Waals surface area contributed by atoms with Crippen molar-refractivity contribution >= 4 is 50.5 Å². The summed E-state index contributed by atoms with van der Waals surface area (Å²) in [5, 5.41) is 1.28. The van der Waals surface area contributed by atoms with E-state index in [1.807, 2.05) is 0 Å². The van der Waals surface area contributed by atoms with Crippen LogP contribution in [0.5, 0.6) is 0 Å². The topological polar surface area (TPSA) is 46.2 Å². The zero-order chi connectivity index (χ0) is 14.8. The summed E-state index contributed by atoms with van der Waals surface area (Å²) in [5.41, 5.74) is 0.964. The van der Waals surface area contributed by atoms with Crippen molar-refractivity contribution in [2.24, 2.45) is 0 Å². The second kappa shape index (κ2) is 6.22. The van der Waals surface area contributed by atoms with Crippen molar-refractivity contribution in [1.82, 2.24) is 0 Å². The van der Waals surface area contributed by atoms with E-state index < -0.39 is 10.0 Å². The number of sulfonamides is 1. The van der Waals surface area contributed by atoms with Gasteiger partial charge in [0, 0.05) is 15.1 Å². The first-order valence-electron chi connectivity index (χ1n) is 5.55. The van der Waals surface area contributed by atoms with E-state index in [4.69, 9.17) is 34.8 Å². The minimum Gasteiger partial charge on any atom is -0.283 e. The van der Waals surface area contributed by atoms with Crippen molar-refractivity contribution in [2.45, 2.75) is 5.75 Å². The number of hydrogen-bond acceptors (Lipinski definition) is 2. The molecule has 106 valence electrons. The predicted octanol–water partition coefficient (Wildman–Crippen LogP) is 4.59. The van der Waals surface area contributed by atoms with Crippen LogP contribution in [-0.4, -0.2) is 8.42 Å². The smallest absolute Gasteiger partial charge is 0.236 e. The summed E-state index contributed by atoms with van der Waals surface area (Å²) in [5.74, 6) is -0.158. The molecule has 0 aromatic heterocycles. The number of halogens is 3. The second-order valence-electron chi connectivity index (χ2n) is 4.15. The Labute approximate surface area is 132 Å². The number of anilines is 1. The Kier molecular flexibility index (Phi) is 4.81. The van der Waals surface area contributed by atoms with E-state index >= 15 is 0 Å². The largest absolute Gasteiger partial charge is 0.283 e. The van der Waals surface area contributed by atoms with Gasteiger partial charge in [0.05, 0.1) is 11.4 Å². The molecule has 0 heterocycles. The van der Waals surface area contributed by atoms with Gasteiger partial charge in [-0.15, -0.1) is 0 Å². The van der Waals surface area contributed by atoms with E-state index in [0.29, 0.717) is 26.3 Å². The molecule has 0 saturated heterocycles. The van der Waals surface area contributed by atoms with Crippen LogP contribution in [0.25, 0.3) is 0 Å². The summed E-state index contributed by atoms with van der Waals surface area (Å²) >= 11 is 17.4. The van der Waals surface area contributed by atoms with Gasteiger partial charge in [-0.1, -0.05) is 46.9 Å². The molecule has 0 atom stereocenters. The van der Waals surface area contributed by atoms with Gasteiger partial charge < -0.3 is 0 Å². The summed E-state index contributed by atoms with van der Waals surface area (Å²) in [4.78, 5) is 0. The van der Waals surface area contributed by atoms with Crippen LogP contribution in [0, 0.1) is 0 Å². The number of benzene rings is 2. The zero-order valence-electron chi connectivity index (χ0n) is 10.1. The van der Waals surface area contributed by atoms with Crippen LogP contribution in [0.2, 0.25) is 15.1 Å². The SMILES string of the molecule is O=S(=O)(Cc1ccc(Cl)cc1)Nc1cc(Cl)cc(Cl)c1. The summed E-state index contributed by atoms with van der Waals surface area (Å²) < 4.78 is 26.5. The van der Waals surface area contributed by atoms with Crippen LogP contribution in [-0.2, 0) is 15.8 Å². The lowest BCUT2D eigenvalue weighted by atomic mass is 10.2. The minimum atomic E-state index is -3.54. The van der Waals surface area contributed by atoms with Crippen LogP contribution >= 0.6 is 34.8 Å². The first kappa shape index (κ1) is 15.4. The van der Waals surface area contributed by atoms with E-state index in [9.17, 15) is 8.42 Å². The Morgan fingerprint density at radius 1 is 0.850 bits per heavy atom. The summed E-state index contributed by atoms with van der Waals surface area (Å²) in [6, 6.07) is 11.1. The maximum atomic E-state index is 12.0. The molecule has 2 aromatic carbocycles. The first-order chi connectivity index (χ1) is 9.34. The number of nitrogens with one attached hydrogen (secondary N) is 1. The third-order valence-electron chi connectivity index (χ3n) is 2.41. The van der Waals surface area contributed by atoms with Gasteiger partial charge in [0.15, 0.2) is 0 Å². The Bertz CT molecular complexity index is 695. The molecule has 1 N–H and O–H groups in total. The van der Waals surface area contributed by atoms with Crippen LogP contribution < -0.4 is 4.72 Å². The third kappa shape index (κ3) is 4.56. The van der Waals surface area contributed by atoms with Gasteiger partial charge in [0.25, 0.3) is 0 Å². The Morgan fingerprint density at radius 3 is 1.95 bits per heavy atom. The molecule has 2 rings (SSSR count). The average molecular weight is 351 g/mol. The molecule has 0 fully saturated rings. The van der Waals surface area contributed by atoms with Crippen molar-refractivity contribution < 1.29 is 8.42 Å². The maximum absolute atomic E-state index is 12.0. The van der Waals surface area contributed by atoms with Crippen LogP contribution in [0.1, 0.15) is 5.56 Å². The van der Waals surface area contributed by atoms with E-state index in [-0.39, 0.29) is 5.75 Å². The van der Waals surface area contributed by atoms with Gasteiger partial charge in [-0.25, -0.2) is 8.42 Å². The van der Waals surface area contributed by atoms with Crippen molar-refractivity contribution in [2.75, 3.05) is 4.72 Å². The Hall–Kier alpha value is -0.940. The molecular weight excluding hydrogens is 341 g/mol. The van der Waals surface area contributed by atoms with Gasteiger partial charge in [-0.05, 0) is 35.9 Å². The molecule has 7 heteroatoms. The fourth-order valence-corrected chi connectivity index (χ4v) is 3.46. The Morgan fingerprint density at radius 2 is 1.40 bits per heavy atom. The molecule has 0 bridgehead atoms. The highest BCUT2D eigenvalue weighted by atomic mass is 35.5. The van der Waals surface area contributed by atoms with E-state index in [2.05, 4.69) is 4.72 Å². The highest BCUT2D eigenvalue weighted by molar-refractivity contribution is 7.91. The Balaban J connectivity index is 2.16. The monoisotopic (exact) mass is 349 g/mol. The molecule has 0 aliphatic carbocycles. The summed E-state index contributed by atoms with van der Waals surface area (Å²) in [6.45, 7) is 0. The number of rotatable bonds is 4. The lowest BCUT2D eigenvalue weighted by Gasteiger charge is -2.09. The van der Waals surface area contributed by atoms with Crippen molar-refractivity contribution in [3.63, 3.8) is 0 Å². The maximum Gasteiger partial charge on any atom is 0.236 e. The second-order valence-corrected chi connectivity index (χ2v) is 7.18. The molecule has 0 amide bonds. The molecule has 20 heavy (non-hydrogen) atoms. The van der Waals surface area contributed by atoms with E-state index in [1.54, 1.807) is 24.3 Å². The van der Waals surface area contributed by atoms with Crippen LogP contribution in [0.4, 0.5) is 5.69 Å². The molecule has 0 unspecified atom stereocenters. The highest BCUT2D eigenvalue weighted by Crippen LogP contribution is 2.24.